The summed E-state index contributed by atoms with van der Waals surface area (Å²) in [6, 6.07) is 0. The van der Waals surface area contributed by atoms with E-state index in [0.29, 0.717) is 6.42 Å². The largest absolute Gasteiger partial charge is 1.00 e. The second-order valence-electron chi connectivity index (χ2n) is 5.70. The van der Waals surface area contributed by atoms with Crippen LogP contribution in [0.25, 0.3) is 0 Å². The number of rotatable bonds is 12. The van der Waals surface area contributed by atoms with Gasteiger partial charge in [0.2, 0.25) is 0 Å². The summed E-state index contributed by atoms with van der Waals surface area (Å²) in [4.78, 5) is 0. The molecule has 1 fully saturated rings. The van der Waals surface area contributed by atoms with Crippen LogP contribution < -0.4 is 29.6 Å². The average molecular weight is 347 g/mol. The number of hydrogen-bond donors (Lipinski definition) is 0. The maximum atomic E-state index is 10.4. The smallest absolute Gasteiger partial charge is 0.457 e. The van der Waals surface area contributed by atoms with Gasteiger partial charge < -0.3 is 22.8 Å². The van der Waals surface area contributed by atoms with E-state index in [1.165, 1.54) is 44.9 Å². The number of ether oxygens (including phenoxy) is 1. The zero-order chi connectivity index (χ0) is 14.6. The number of hydrogen-bond acceptors (Lipinski definition) is 5. The fourth-order valence-corrected chi connectivity index (χ4v) is 3.13. The number of unbranched alkanes of at least 4 members (excludes halogenated alkanes) is 7. The van der Waals surface area contributed by atoms with E-state index in [4.69, 9.17) is 8.92 Å². The van der Waals surface area contributed by atoms with Crippen molar-refractivity contribution in [3.05, 3.63) is 0 Å². The third-order valence-electron chi connectivity index (χ3n) is 3.90. The molecule has 1 aliphatic carbocycles. The predicted molar refractivity (Wildman–Crippen MR) is 84.7 cm³/mol. The fraction of sp³-hybridized carbons (Fsp3) is 1.00. The predicted octanol–water partition coefficient (Wildman–Crippen LogP) is 0.388. The molecule has 22 heavy (non-hydrogen) atoms. The van der Waals surface area contributed by atoms with Crippen LogP contribution in [0.5, 0.6) is 0 Å². The van der Waals surface area contributed by atoms with E-state index >= 15 is 0 Å². The van der Waals surface area contributed by atoms with E-state index in [2.05, 4.69) is 6.92 Å². The Bertz CT molecular complexity index is 304. The van der Waals surface area contributed by atoms with Gasteiger partial charge in [-0.2, -0.15) is 0 Å². The maximum Gasteiger partial charge on any atom is 1.00 e. The molecule has 0 aliphatic heterocycles. The Kier molecular flexibility index (Phi) is 19.0. The molecule has 0 heterocycles. The molecule has 7 heteroatoms. The zero-order valence-corrected chi connectivity index (χ0v) is 17.1. The summed E-state index contributed by atoms with van der Waals surface area (Å²) in [6.07, 6.45) is 12.8. The molecule has 0 radical (unpaired) electrons. The molecule has 1 aliphatic rings. The third-order valence-corrected chi connectivity index (χ3v) is 4.33. The van der Waals surface area contributed by atoms with Gasteiger partial charge in [0.25, 0.3) is 0 Å². The standard InChI is InChI=1S/C15H29O4S.Na.H2O/c1-2-3-4-5-6-7-8-9-12-18-14-10-11-15(13-14)19-20(16)17;;/h14-15H,2-13H2,1H3;;1H2/q-1;+1;/p+1. The van der Waals surface area contributed by atoms with Crippen molar-refractivity contribution >= 4 is 11.0 Å². The molecule has 3 N–H and O–H groups in total. The van der Waals surface area contributed by atoms with Crippen LogP contribution in [-0.2, 0) is 33.8 Å². The van der Waals surface area contributed by atoms with Crippen LogP contribution in [0.3, 0.4) is 0 Å². The van der Waals surface area contributed by atoms with Crippen molar-refractivity contribution in [2.45, 2.75) is 89.8 Å². The van der Waals surface area contributed by atoms with E-state index < -0.39 is 11.0 Å². The Hall–Kier alpha value is 0.830. The average Bonchev–Trinajstić information content (AvgIpc) is 2.83. The van der Waals surface area contributed by atoms with Crippen molar-refractivity contribution in [1.29, 1.82) is 0 Å². The fourth-order valence-electron chi connectivity index (χ4n) is 2.74. The van der Waals surface area contributed by atoms with Gasteiger partial charge in [-0.1, -0.05) is 51.9 Å². The molecule has 0 amide bonds. The molecular weight excluding hydrogens is 315 g/mol. The molecule has 0 bridgehead atoms. The molecule has 128 valence electrons. The van der Waals surface area contributed by atoms with Crippen molar-refractivity contribution in [2.24, 2.45) is 0 Å². The summed E-state index contributed by atoms with van der Waals surface area (Å²) in [5, 5.41) is 0. The van der Waals surface area contributed by atoms with Gasteiger partial charge >= 0.3 is 29.6 Å². The molecule has 0 aromatic heterocycles. The quantitative estimate of drug-likeness (QED) is 0.221. The Balaban J connectivity index is 0. The molecule has 0 spiro atoms. The SMILES string of the molecule is CCCCCCCCCCOC1CCC(O[S-](=O)=O)C1.[Na+].[OH3+]. The normalized spacial score (nSPS) is 20.6. The van der Waals surface area contributed by atoms with E-state index in [1.54, 1.807) is 0 Å². The van der Waals surface area contributed by atoms with Crippen LogP contribution in [0, 0.1) is 0 Å². The molecule has 1 saturated carbocycles. The van der Waals surface area contributed by atoms with Crippen molar-refractivity contribution in [3.63, 3.8) is 0 Å². The van der Waals surface area contributed by atoms with E-state index in [1.807, 2.05) is 0 Å². The first-order valence-electron chi connectivity index (χ1n) is 8.10. The minimum atomic E-state index is -2.39. The van der Waals surface area contributed by atoms with Crippen LogP contribution in [-0.4, -0.2) is 18.8 Å². The maximum absolute atomic E-state index is 10.4. The van der Waals surface area contributed by atoms with E-state index in [-0.39, 0.29) is 47.2 Å². The van der Waals surface area contributed by atoms with E-state index in [9.17, 15) is 8.42 Å². The summed E-state index contributed by atoms with van der Waals surface area (Å²) in [5.74, 6) is 0. The summed E-state index contributed by atoms with van der Waals surface area (Å²) >= 11 is 0. The summed E-state index contributed by atoms with van der Waals surface area (Å²) in [5.41, 5.74) is 0. The second-order valence-corrected chi connectivity index (χ2v) is 6.30. The molecule has 0 saturated heterocycles. The van der Waals surface area contributed by atoms with Gasteiger partial charge in [-0.05, 0) is 25.7 Å². The summed E-state index contributed by atoms with van der Waals surface area (Å²) < 4.78 is 31.4. The molecule has 5 nitrogen and oxygen atoms in total. The third kappa shape index (κ3) is 13.3. The zero-order valence-electron chi connectivity index (χ0n) is 14.3. The Morgan fingerprint density at radius 2 is 1.45 bits per heavy atom. The van der Waals surface area contributed by atoms with Crippen LogP contribution in [0.1, 0.15) is 77.6 Å². The first kappa shape index (κ1) is 25.1. The molecule has 2 atom stereocenters. The minimum absolute atomic E-state index is 0. The van der Waals surface area contributed by atoms with Gasteiger partial charge in [0.15, 0.2) is 0 Å². The van der Waals surface area contributed by atoms with Crippen LogP contribution in [0.2, 0.25) is 0 Å². The molecular formula is C15H32NaO5S+. The molecule has 2 unspecified atom stereocenters. The topological polar surface area (TPSA) is 85.6 Å². The van der Waals surface area contributed by atoms with Crippen LogP contribution >= 0.6 is 0 Å². The first-order chi connectivity index (χ1) is 9.72. The van der Waals surface area contributed by atoms with E-state index in [0.717, 1.165) is 25.9 Å². The van der Waals surface area contributed by atoms with Gasteiger partial charge in [0.05, 0.1) is 17.1 Å². The molecule has 0 aromatic rings. The Morgan fingerprint density at radius 3 is 2.05 bits per heavy atom. The molecule has 0 aromatic carbocycles. The van der Waals surface area contributed by atoms with Crippen molar-refractivity contribution < 1.29 is 52.4 Å². The monoisotopic (exact) mass is 347 g/mol. The Morgan fingerprint density at radius 1 is 0.909 bits per heavy atom. The van der Waals surface area contributed by atoms with Crippen LogP contribution in [0.4, 0.5) is 0 Å². The Labute approximate surface area is 159 Å². The van der Waals surface area contributed by atoms with Gasteiger partial charge in [0.1, 0.15) is 0 Å². The first-order valence-corrected chi connectivity index (χ1v) is 9.10. The van der Waals surface area contributed by atoms with Crippen LogP contribution in [0.15, 0.2) is 0 Å². The summed E-state index contributed by atoms with van der Waals surface area (Å²) in [6.45, 7) is 3.04. The van der Waals surface area contributed by atoms with Gasteiger partial charge in [-0.25, -0.2) is 0 Å². The van der Waals surface area contributed by atoms with Crippen molar-refractivity contribution in [1.82, 2.24) is 0 Å². The minimum Gasteiger partial charge on any atom is -0.457 e. The molecule has 1 rings (SSSR count). The van der Waals surface area contributed by atoms with Crippen molar-refractivity contribution in [3.8, 4) is 0 Å². The second kappa shape index (κ2) is 16.7. The van der Waals surface area contributed by atoms with Gasteiger partial charge in [0, 0.05) is 12.7 Å². The van der Waals surface area contributed by atoms with Gasteiger partial charge in [-0.3, -0.25) is 0 Å². The summed E-state index contributed by atoms with van der Waals surface area (Å²) in [7, 11) is -2.39. The van der Waals surface area contributed by atoms with Crippen molar-refractivity contribution in [2.75, 3.05) is 6.61 Å². The van der Waals surface area contributed by atoms with Gasteiger partial charge in [-0.15, -0.1) is 0 Å².